The monoisotopic (exact) mass is 366 g/mol. The third kappa shape index (κ3) is 1.66. The van der Waals surface area contributed by atoms with Crippen molar-refractivity contribution in [1.29, 1.82) is 0 Å². The number of thiophene rings is 1. The first-order chi connectivity index (χ1) is 6.24. The molecular weight excluding hydrogens is 359 g/mol. The van der Waals surface area contributed by atoms with E-state index in [4.69, 9.17) is 0 Å². The molecule has 1 heterocycles. The number of rotatable bonds is 1. The van der Waals surface area contributed by atoms with E-state index < -0.39 is 0 Å². The number of hydrogen-bond acceptors (Lipinski definition) is 1. The fourth-order valence-corrected chi connectivity index (χ4v) is 4.18. The molecule has 0 spiro atoms. The highest BCUT2D eigenvalue weighted by atomic mass is 127. The third-order valence-electron chi connectivity index (χ3n) is 2.16. The fraction of sp³-hybridized carbons (Fsp3) is 0.200. The van der Waals surface area contributed by atoms with Crippen LogP contribution < -0.4 is 0 Å². The molecule has 0 aliphatic carbocycles. The minimum Gasteiger partial charge on any atom is -0.143 e. The Morgan fingerprint density at radius 2 is 2.31 bits per heavy atom. The van der Waals surface area contributed by atoms with E-state index in [0.29, 0.717) is 0 Å². The van der Waals surface area contributed by atoms with E-state index in [9.17, 15) is 0 Å². The van der Waals surface area contributed by atoms with Crippen molar-refractivity contribution in [2.45, 2.75) is 12.3 Å². The highest BCUT2D eigenvalue weighted by Crippen LogP contribution is 2.32. The predicted octanol–water partition coefficient (Wildman–Crippen LogP) is 4.71. The zero-order valence-corrected chi connectivity index (χ0v) is 11.7. The fourth-order valence-electron chi connectivity index (χ4n) is 1.46. The quantitative estimate of drug-likeness (QED) is 0.506. The number of alkyl halides is 1. The second-order valence-electron chi connectivity index (χ2n) is 2.95. The van der Waals surface area contributed by atoms with Gasteiger partial charge in [0.05, 0.1) is 0 Å². The van der Waals surface area contributed by atoms with Crippen molar-refractivity contribution in [3.05, 3.63) is 32.2 Å². The Bertz CT molecular complexity index is 447. The van der Waals surface area contributed by atoms with Crippen LogP contribution in [0.1, 0.15) is 11.1 Å². The van der Waals surface area contributed by atoms with Gasteiger partial charge in [-0.25, -0.2) is 0 Å². The van der Waals surface area contributed by atoms with Crippen LogP contribution in [-0.2, 0) is 5.33 Å². The molecule has 13 heavy (non-hydrogen) atoms. The highest BCUT2D eigenvalue weighted by molar-refractivity contribution is 14.1. The largest absolute Gasteiger partial charge is 0.143 e. The van der Waals surface area contributed by atoms with Crippen LogP contribution in [0.2, 0.25) is 0 Å². The van der Waals surface area contributed by atoms with E-state index in [1.807, 2.05) is 11.3 Å². The summed E-state index contributed by atoms with van der Waals surface area (Å²) in [7, 11) is 0. The second kappa shape index (κ2) is 3.87. The lowest BCUT2D eigenvalue weighted by Gasteiger charge is -2.05. The van der Waals surface area contributed by atoms with Crippen LogP contribution in [0.25, 0.3) is 10.1 Å². The van der Waals surface area contributed by atoms with Gasteiger partial charge in [0.15, 0.2) is 0 Å². The summed E-state index contributed by atoms with van der Waals surface area (Å²) in [4.78, 5) is 0. The first-order valence-corrected chi connectivity index (χ1v) is 7.03. The summed E-state index contributed by atoms with van der Waals surface area (Å²) < 4.78 is 2.78. The number of halogens is 2. The lowest BCUT2D eigenvalue weighted by molar-refractivity contribution is 1.36. The molecule has 0 amide bonds. The van der Waals surface area contributed by atoms with Crippen LogP contribution in [0, 0.1) is 10.5 Å². The Morgan fingerprint density at radius 1 is 1.54 bits per heavy atom. The van der Waals surface area contributed by atoms with Gasteiger partial charge < -0.3 is 0 Å². The van der Waals surface area contributed by atoms with E-state index in [0.717, 1.165) is 5.33 Å². The predicted molar refractivity (Wildman–Crippen MR) is 71.9 cm³/mol. The van der Waals surface area contributed by atoms with Crippen molar-refractivity contribution in [1.82, 2.24) is 0 Å². The number of benzene rings is 1. The standard InChI is InChI=1S/C10H8BrIS/c1-6-4-9(12)10-7(2-3-13-10)8(6)5-11/h2-4H,5H2,1H3. The summed E-state index contributed by atoms with van der Waals surface area (Å²) in [5.74, 6) is 0. The van der Waals surface area contributed by atoms with Gasteiger partial charge in [0.1, 0.15) is 0 Å². The summed E-state index contributed by atoms with van der Waals surface area (Å²) in [5, 5.41) is 4.52. The average molecular weight is 367 g/mol. The molecule has 2 aromatic rings. The Balaban J connectivity index is 2.88. The first kappa shape index (κ1) is 9.93. The Hall–Kier alpha value is 0.390. The normalized spacial score (nSPS) is 11.0. The lowest BCUT2D eigenvalue weighted by Crippen LogP contribution is -1.86. The number of hydrogen-bond donors (Lipinski definition) is 0. The van der Waals surface area contributed by atoms with Gasteiger partial charge in [0.2, 0.25) is 0 Å². The maximum atomic E-state index is 3.54. The van der Waals surface area contributed by atoms with Crippen molar-refractivity contribution >= 4 is 59.9 Å². The van der Waals surface area contributed by atoms with Gasteiger partial charge in [-0.3, -0.25) is 0 Å². The van der Waals surface area contributed by atoms with E-state index >= 15 is 0 Å². The van der Waals surface area contributed by atoms with Crippen LogP contribution in [0.5, 0.6) is 0 Å². The Morgan fingerprint density at radius 3 is 3.00 bits per heavy atom. The first-order valence-electron chi connectivity index (χ1n) is 3.95. The van der Waals surface area contributed by atoms with Crippen LogP contribution in [0.15, 0.2) is 17.5 Å². The van der Waals surface area contributed by atoms with E-state index in [1.165, 1.54) is 24.8 Å². The molecule has 0 radical (unpaired) electrons. The molecule has 0 nitrogen and oxygen atoms in total. The summed E-state index contributed by atoms with van der Waals surface area (Å²) in [6.07, 6.45) is 0. The summed E-state index contributed by atoms with van der Waals surface area (Å²) in [6, 6.07) is 4.47. The zero-order chi connectivity index (χ0) is 9.42. The molecule has 0 saturated carbocycles. The van der Waals surface area contributed by atoms with Gasteiger partial charge in [-0.1, -0.05) is 15.9 Å². The zero-order valence-electron chi connectivity index (χ0n) is 7.10. The molecule has 0 unspecified atom stereocenters. The molecule has 3 heteroatoms. The van der Waals surface area contributed by atoms with Crippen LogP contribution in [-0.4, -0.2) is 0 Å². The molecular formula is C10H8BrIS. The maximum absolute atomic E-state index is 3.54. The molecule has 2 rings (SSSR count). The van der Waals surface area contributed by atoms with Crippen molar-refractivity contribution < 1.29 is 0 Å². The maximum Gasteiger partial charge on any atom is 0.0479 e. The summed E-state index contributed by atoms with van der Waals surface area (Å²) >= 11 is 7.77. The molecule has 0 saturated heterocycles. The third-order valence-corrected chi connectivity index (χ3v) is 4.89. The minimum absolute atomic E-state index is 0.947. The van der Waals surface area contributed by atoms with Gasteiger partial charge in [-0.05, 0) is 63.5 Å². The molecule has 0 fully saturated rings. The van der Waals surface area contributed by atoms with Gasteiger partial charge in [0, 0.05) is 13.6 Å². The lowest BCUT2D eigenvalue weighted by atomic mass is 10.1. The van der Waals surface area contributed by atoms with E-state index in [2.05, 4.69) is 63.0 Å². The molecule has 0 aliphatic rings. The van der Waals surface area contributed by atoms with Crippen molar-refractivity contribution in [2.75, 3.05) is 0 Å². The topological polar surface area (TPSA) is 0 Å². The van der Waals surface area contributed by atoms with Crippen molar-refractivity contribution in [3.63, 3.8) is 0 Å². The smallest absolute Gasteiger partial charge is 0.0479 e. The SMILES string of the molecule is Cc1cc(I)c2sccc2c1CBr. The van der Waals surface area contributed by atoms with Crippen molar-refractivity contribution in [2.24, 2.45) is 0 Å². The number of aryl methyl sites for hydroxylation is 1. The van der Waals surface area contributed by atoms with Gasteiger partial charge >= 0.3 is 0 Å². The molecule has 0 aliphatic heterocycles. The molecule has 0 atom stereocenters. The summed E-state index contributed by atoms with van der Waals surface area (Å²) in [6.45, 7) is 2.18. The van der Waals surface area contributed by atoms with E-state index in [1.54, 1.807) is 0 Å². The number of fused-ring (bicyclic) bond motifs is 1. The Labute approximate surface area is 104 Å². The minimum atomic E-state index is 0.947. The highest BCUT2D eigenvalue weighted by Gasteiger charge is 2.07. The van der Waals surface area contributed by atoms with Crippen LogP contribution in [0.3, 0.4) is 0 Å². The average Bonchev–Trinajstić information content (AvgIpc) is 2.53. The van der Waals surface area contributed by atoms with Gasteiger partial charge in [0.25, 0.3) is 0 Å². The Kier molecular flexibility index (Phi) is 2.95. The van der Waals surface area contributed by atoms with Gasteiger partial charge in [-0.2, -0.15) is 0 Å². The molecule has 1 aromatic heterocycles. The molecule has 68 valence electrons. The molecule has 1 aromatic carbocycles. The molecule has 0 N–H and O–H groups in total. The second-order valence-corrected chi connectivity index (χ2v) is 5.59. The van der Waals surface area contributed by atoms with Gasteiger partial charge in [-0.15, -0.1) is 11.3 Å². The molecule has 0 bridgehead atoms. The van der Waals surface area contributed by atoms with Crippen LogP contribution in [0.4, 0.5) is 0 Å². The van der Waals surface area contributed by atoms with Crippen LogP contribution >= 0.6 is 49.9 Å². The van der Waals surface area contributed by atoms with E-state index in [-0.39, 0.29) is 0 Å². The summed E-state index contributed by atoms with van der Waals surface area (Å²) in [5.41, 5.74) is 2.81. The van der Waals surface area contributed by atoms with Crippen molar-refractivity contribution in [3.8, 4) is 0 Å².